The number of hydrogen-bond donors (Lipinski definition) is 2. The molecule has 3 rings (SSSR count). The van der Waals surface area contributed by atoms with Crippen molar-refractivity contribution in [1.29, 1.82) is 0 Å². The van der Waals surface area contributed by atoms with Crippen LogP contribution in [-0.2, 0) is 10.0 Å². The molecule has 1 aliphatic rings. The zero-order valence-electron chi connectivity index (χ0n) is 11.3. The highest BCUT2D eigenvalue weighted by atomic mass is 32.2. The van der Waals surface area contributed by atoms with Crippen molar-refractivity contribution in [3.63, 3.8) is 0 Å². The molecule has 1 aromatic heterocycles. The molecule has 0 saturated heterocycles. The molecule has 1 fully saturated rings. The quantitative estimate of drug-likeness (QED) is 0.796. The normalized spacial score (nSPS) is 17.0. The molecule has 1 atom stereocenters. The second-order valence-electron chi connectivity index (χ2n) is 5.25. The molecule has 7 heteroatoms. The number of sulfonamides is 1. The van der Waals surface area contributed by atoms with Gasteiger partial charge in [0.25, 0.3) is 0 Å². The van der Waals surface area contributed by atoms with Crippen molar-refractivity contribution in [2.75, 3.05) is 6.54 Å². The SMILES string of the molecule is NCC(NS(=O)(=O)c1ccc2oc(=O)ccc2c1)C1CC1. The molecule has 3 N–H and O–H groups in total. The van der Waals surface area contributed by atoms with E-state index < -0.39 is 15.6 Å². The zero-order chi connectivity index (χ0) is 15.0. The summed E-state index contributed by atoms with van der Waals surface area (Å²) >= 11 is 0. The maximum atomic E-state index is 12.4. The van der Waals surface area contributed by atoms with Gasteiger partial charge in [-0.25, -0.2) is 17.9 Å². The molecule has 21 heavy (non-hydrogen) atoms. The molecule has 0 radical (unpaired) electrons. The van der Waals surface area contributed by atoms with Crippen LogP contribution in [0.25, 0.3) is 11.0 Å². The van der Waals surface area contributed by atoms with Crippen molar-refractivity contribution in [1.82, 2.24) is 4.72 Å². The van der Waals surface area contributed by atoms with Crippen molar-refractivity contribution in [3.05, 3.63) is 40.8 Å². The van der Waals surface area contributed by atoms with E-state index in [4.69, 9.17) is 10.2 Å². The van der Waals surface area contributed by atoms with Crippen LogP contribution in [0.4, 0.5) is 0 Å². The van der Waals surface area contributed by atoms with Crippen LogP contribution in [0.2, 0.25) is 0 Å². The molecule has 6 nitrogen and oxygen atoms in total. The molecule has 1 saturated carbocycles. The lowest BCUT2D eigenvalue weighted by Crippen LogP contribution is -2.41. The largest absolute Gasteiger partial charge is 0.423 e. The summed E-state index contributed by atoms with van der Waals surface area (Å²) in [6.07, 6.45) is 2.01. The van der Waals surface area contributed by atoms with Crippen LogP contribution in [0.1, 0.15) is 12.8 Å². The Bertz CT molecular complexity index is 824. The number of benzene rings is 1. The van der Waals surface area contributed by atoms with Gasteiger partial charge in [0.15, 0.2) is 0 Å². The summed E-state index contributed by atoms with van der Waals surface area (Å²) in [5, 5.41) is 0.563. The third-order valence-electron chi connectivity index (χ3n) is 3.65. The topological polar surface area (TPSA) is 102 Å². The van der Waals surface area contributed by atoms with Crippen LogP contribution in [-0.4, -0.2) is 21.0 Å². The predicted octanol–water partition coefficient (Wildman–Crippen LogP) is 0.809. The molecule has 2 aromatic rings. The lowest BCUT2D eigenvalue weighted by Gasteiger charge is -2.16. The highest BCUT2D eigenvalue weighted by molar-refractivity contribution is 7.89. The van der Waals surface area contributed by atoms with Gasteiger partial charge in [-0.15, -0.1) is 0 Å². The summed E-state index contributed by atoms with van der Waals surface area (Å²) in [5.41, 5.74) is 5.53. The third-order valence-corrected chi connectivity index (χ3v) is 5.14. The van der Waals surface area contributed by atoms with Crippen LogP contribution in [0.3, 0.4) is 0 Å². The van der Waals surface area contributed by atoms with E-state index in [-0.39, 0.29) is 17.5 Å². The van der Waals surface area contributed by atoms with Crippen molar-refractivity contribution in [2.45, 2.75) is 23.8 Å². The highest BCUT2D eigenvalue weighted by Gasteiger charge is 2.33. The first-order valence-corrected chi connectivity index (χ1v) is 8.24. The third kappa shape index (κ3) is 2.99. The minimum atomic E-state index is -3.63. The molecular formula is C14H16N2O4S. The Labute approximate surface area is 122 Å². The Morgan fingerprint density at radius 3 is 2.71 bits per heavy atom. The van der Waals surface area contributed by atoms with E-state index in [1.807, 2.05) is 0 Å². The molecule has 0 aliphatic heterocycles. The van der Waals surface area contributed by atoms with Crippen LogP contribution in [0.5, 0.6) is 0 Å². The Balaban J connectivity index is 1.94. The summed E-state index contributed by atoms with van der Waals surface area (Å²) in [5.74, 6) is 0.336. The lowest BCUT2D eigenvalue weighted by molar-refractivity contribution is 0.519. The average Bonchev–Trinajstić information content (AvgIpc) is 3.28. The van der Waals surface area contributed by atoms with Crippen molar-refractivity contribution in [2.24, 2.45) is 11.7 Å². The van der Waals surface area contributed by atoms with Crippen LogP contribution in [0.15, 0.2) is 44.4 Å². The van der Waals surface area contributed by atoms with E-state index >= 15 is 0 Å². The molecule has 1 aliphatic carbocycles. The summed E-state index contributed by atoms with van der Waals surface area (Å²) in [7, 11) is -3.63. The summed E-state index contributed by atoms with van der Waals surface area (Å²) < 4.78 is 32.4. The van der Waals surface area contributed by atoms with Crippen molar-refractivity contribution >= 4 is 21.0 Å². The number of hydrogen-bond acceptors (Lipinski definition) is 5. The van der Waals surface area contributed by atoms with Gasteiger partial charge in [0.05, 0.1) is 4.90 Å². The van der Waals surface area contributed by atoms with E-state index in [2.05, 4.69) is 4.72 Å². The van der Waals surface area contributed by atoms with Crippen LogP contribution in [0, 0.1) is 5.92 Å². The molecule has 1 heterocycles. The molecule has 0 bridgehead atoms. The molecular weight excluding hydrogens is 292 g/mol. The smallest absolute Gasteiger partial charge is 0.336 e. The van der Waals surface area contributed by atoms with Gasteiger partial charge in [-0.1, -0.05) is 0 Å². The molecule has 112 valence electrons. The predicted molar refractivity (Wildman–Crippen MR) is 78.4 cm³/mol. The second kappa shape index (κ2) is 5.25. The summed E-state index contributed by atoms with van der Waals surface area (Å²) in [6.45, 7) is 0.284. The van der Waals surface area contributed by atoms with Gasteiger partial charge in [-0.3, -0.25) is 0 Å². The van der Waals surface area contributed by atoms with E-state index in [1.165, 1.54) is 24.3 Å². The Hall–Kier alpha value is -1.70. The fourth-order valence-corrected chi connectivity index (χ4v) is 3.67. The number of fused-ring (bicyclic) bond motifs is 1. The first kappa shape index (κ1) is 14.2. The average molecular weight is 308 g/mol. The van der Waals surface area contributed by atoms with E-state index in [0.29, 0.717) is 16.9 Å². The molecule has 1 aromatic carbocycles. The Morgan fingerprint density at radius 1 is 1.29 bits per heavy atom. The number of nitrogens with one attached hydrogen (secondary N) is 1. The fourth-order valence-electron chi connectivity index (χ4n) is 2.32. The second-order valence-corrected chi connectivity index (χ2v) is 6.97. The molecule has 0 amide bonds. The maximum absolute atomic E-state index is 12.4. The van der Waals surface area contributed by atoms with Gasteiger partial charge in [-0.2, -0.15) is 0 Å². The Morgan fingerprint density at radius 2 is 2.05 bits per heavy atom. The first-order valence-electron chi connectivity index (χ1n) is 6.76. The standard InChI is InChI=1S/C14H16N2O4S/c15-8-12(9-1-2-9)16-21(18,19)11-4-5-13-10(7-11)3-6-14(17)20-13/h3-7,9,12,16H,1-2,8,15H2. The van der Waals surface area contributed by atoms with Gasteiger partial charge in [-0.05, 0) is 43.0 Å². The minimum absolute atomic E-state index is 0.142. The van der Waals surface area contributed by atoms with E-state index in [1.54, 1.807) is 6.07 Å². The Kier molecular flexibility index (Phi) is 3.56. The van der Waals surface area contributed by atoms with Gasteiger partial charge >= 0.3 is 5.63 Å². The zero-order valence-corrected chi connectivity index (χ0v) is 12.1. The van der Waals surface area contributed by atoms with Gasteiger partial charge in [0, 0.05) is 24.0 Å². The van der Waals surface area contributed by atoms with Gasteiger partial charge in [0.1, 0.15) is 5.58 Å². The van der Waals surface area contributed by atoms with Crippen molar-refractivity contribution < 1.29 is 12.8 Å². The number of nitrogens with two attached hydrogens (primary N) is 1. The molecule has 1 unspecified atom stereocenters. The first-order chi connectivity index (χ1) is 9.99. The maximum Gasteiger partial charge on any atom is 0.336 e. The highest BCUT2D eigenvalue weighted by Crippen LogP contribution is 2.33. The van der Waals surface area contributed by atoms with Crippen molar-refractivity contribution in [3.8, 4) is 0 Å². The van der Waals surface area contributed by atoms with Crippen LogP contribution < -0.4 is 16.1 Å². The molecule has 0 spiro atoms. The van der Waals surface area contributed by atoms with Gasteiger partial charge in [0.2, 0.25) is 10.0 Å². The van der Waals surface area contributed by atoms with E-state index in [0.717, 1.165) is 12.8 Å². The van der Waals surface area contributed by atoms with Crippen LogP contribution >= 0.6 is 0 Å². The summed E-state index contributed by atoms with van der Waals surface area (Å²) in [6, 6.07) is 6.98. The van der Waals surface area contributed by atoms with Gasteiger partial charge < -0.3 is 10.2 Å². The monoisotopic (exact) mass is 308 g/mol. The lowest BCUT2D eigenvalue weighted by atomic mass is 10.2. The van der Waals surface area contributed by atoms with E-state index in [9.17, 15) is 13.2 Å². The summed E-state index contributed by atoms with van der Waals surface area (Å²) in [4.78, 5) is 11.3. The number of rotatable bonds is 5. The minimum Gasteiger partial charge on any atom is -0.423 e. The fraction of sp³-hybridized carbons (Fsp3) is 0.357.